The van der Waals surface area contributed by atoms with Gasteiger partial charge in [0.15, 0.2) is 0 Å². The van der Waals surface area contributed by atoms with Gasteiger partial charge in [-0.05, 0) is 43.1 Å². The van der Waals surface area contributed by atoms with Gasteiger partial charge in [0.05, 0.1) is 5.69 Å². The molecule has 2 N–H and O–H groups in total. The number of hydrogen-bond donors (Lipinski definition) is 2. The smallest absolute Gasteiger partial charge is 0.294 e. The Morgan fingerprint density at radius 3 is 3.05 bits per heavy atom. The summed E-state index contributed by atoms with van der Waals surface area (Å²) in [5.41, 5.74) is 4.05. The van der Waals surface area contributed by atoms with Crippen LogP contribution in [0.15, 0.2) is 28.8 Å². The van der Waals surface area contributed by atoms with E-state index in [-0.39, 0.29) is 11.7 Å². The summed E-state index contributed by atoms with van der Waals surface area (Å²) in [7, 11) is 0. The summed E-state index contributed by atoms with van der Waals surface area (Å²) in [4.78, 5) is 11.9. The summed E-state index contributed by atoms with van der Waals surface area (Å²) in [6, 6.07) is 7.61. The third-order valence-electron chi connectivity index (χ3n) is 3.20. The molecule has 0 saturated carbocycles. The molecule has 0 spiro atoms. The quantitative estimate of drug-likeness (QED) is 0.862. The van der Waals surface area contributed by atoms with Crippen LogP contribution in [-0.2, 0) is 13.0 Å². The Kier molecular flexibility index (Phi) is 3.05. The topological polar surface area (TPSA) is 67.2 Å². The van der Waals surface area contributed by atoms with E-state index in [1.165, 1.54) is 11.1 Å². The van der Waals surface area contributed by atoms with Crippen LogP contribution < -0.4 is 10.6 Å². The average Bonchev–Trinajstić information content (AvgIpc) is 2.85. The van der Waals surface area contributed by atoms with Gasteiger partial charge in [0.1, 0.15) is 0 Å². The minimum Gasteiger partial charge on any atom is -0.351 e. The number of rotatable bonds is 2. The first kappa shape index (κ1) is 11.9. The van der Waals surface area contributed by atoms with Crippen molar-refractivity contribution in [1.82, 2.24) is 10.5 Å². The van der Waals surface area contributed by atoms with Gasteiger partial charge < -0.3 is 15.2 Å². The molecule has 1 aliphatic heterocycles. The van der Waals surface area contributed by atoms with Crippen LogP contribution >= 0.6 is 0 Å². The molecule has 5 nitrogen and oxygen atoms in total. The fourth-order valence-electron chi connectivity index (χ4n) is 2.22. The van der Waals surface area contributed by atoms with E-state index in [9.17, 15) is 4.79 Å². The number of nitrogens with zero attached hydrogens (tertiary/aromatic N) is 1. The molecular weight excluding hydrogens is 242 g/mol. The fraction of sp³-hybridized carbons (Fsp3) is 0.286. The molecule has 3 rings (SSSR count). The van der Waals surface area contributed by atoms with Crippen molar-refractivity contribution in [3.05, 3.63) is 46.8 Å². The van der Waals surface area contributed by atoms with E-state index in [0.717, 1.165) is 25.2 Å². The van der Waals surface area contributed by atoms with Crippen LogP contribution in [0.3, 0.4) is 0 Å². The lowest BCUT2D eigenvalue weighted by atomic mass is 10.0. The Morgan fingerprint density at radius 2 is 2.26 bits per heavy atom. The Morgan fingerprint density at radius 1 is 1.37 bits per heavy atom. The second-order valence-corrected chi connectivity index (χ2v) is 4.70. The van der Waals surface area contributed by atoms with Crippen LogP contribution in [0, 0.1) is 6.92 Å². The van der Waals surface area contributed by atoms with Gasteiger partial charge in [-0.25, -0.2) is 0 Å². The normalized spacial score (nSPS) is 13.9. The average molecular weight is 257 g/mol. The molecule has 0 bridgehead atoms. The van der Waals surface area contributed by atoms with Crippen LogP contribution in [0.5, 0.6) is 0 Å². The summed E-state index contributed by atoms with van der Waals surface area (Å²) in [5, 5.41) is 9.84. The molecule has 98 valence electrons. The maximum Gasteiger partial charge on any atom is 0.294 e. The largest absolute Gasteiger partial charge is 0.351 e. The molecule has 0 unspecified atom stereocenters. The molecule has 1 amide bonds. The van der Waals surface area contributed by atoms with Gasteiger partial charge in [0, 0.05) is 18.3 Å². The molecule has 1 aliphatic rings. The number of carbonyl (C=O) groups is 1. The third kappa shape index (κ3) is 2.51. The summed E-state index contributed by atoms with van der Waals surface area (Å²) >= 11 is 0. The molecule has 0 saturated heterocycles. The highest BCUT2D eigenvalue weighted by atomic mass is 16.5. The first-order valence-electron chi connectivity index (χ1n) is 6.29. The maximum atomic E-state index is 11.9. The Hall–Kier alpha value is -2.14. The van der Waals surface area contributed by atoms with E-state index < -0.39 is 0 Å². The molecule has 0 radical (unpaired) electrons. The van der Waals surface area contributed by atoms with E-state index >= 15 is 0 Å². The maximum absolute atomic E-state index is 11.9. The van der Waals surface area contributed by atoms with E-state index in [2.05, 4.69) is 21.9 Å². The predicted molar refractivity (Wildman–Crippen MR) is 71.0 cm³/mol. The molecule has 5 heteroatoms. The van der Waals surface area contributed by atoms with Gasteiger partial charge in [0.25, 0.3) is 5.91 Å². The zero-order chi connectivity index (χ0) is 13.2. The van der Waals surface area contributed by atoms with Crippen LogP contribution in [0.1, 0.15) is 27.4 Å². The second-order valence-electron chi connectivity index (χ2n) is 4.70. The lowest BCUT2D eigenvalue weighted by Crippen LogP contribution is -2.23. The van der Waals surface area contributed by atoms with E-state index in [4.69, 9.17) is 4.52 Å². The Balaban J connectivity index is 1.78. The van der Waals surface area contributed by atoms with Crippen LogP contribution in [-0.4, -0.2) is 17.6 Å². The monoisotopic (exact) mass is 257 g/mol. The SMILES string of the molecule is Cc1cc(C(=O)Nc2ccc3c(c2)CNCC3)on1. The Bertz CT molecular complexity index is 619. The zero-order valence-corrected chi connectivity index (χ0v) is 10.7. The standard InChI is InChI=1S/C14H15N3O2/c1-9-6-13(19-17-9)14(18)16-12-3-2-10-4-5-15-8-11(10)7-12/h2-3,6-7,15H,4-5,8H2,1H3,(H,16,18). The molecule has 2 heterocycles. The molecular formula is C14H15N3O2. The number of nitrogens with one attached hydrogen (secondary N) is 2. The lowest BCUT2D eigenvalue weighted by Gasteiger charge is -2.17. The van der Waals surface area contributed by atoms with Crippen molar-refractivity contribution in [2.24, 2.45) is 0 Å². The summed E-state index contributed by atoms with van der Waals surface area (Å²) < 4.78 is 4.94. The number of carbonyl (C=O) groups excluding carboxylic acids is 1. The number of anilines is 1. The highest BCUT2D eigenvalue weighted by Gasteiger charge is 2.13. The van der Waals surface area contributed by atoms with Crippen molar-refractivity contribution in [3.8, 4) is 0 Å². The predicted octanol–water partition coefficient (Wildman–Crippen LogP) is 1.88. The number of fused-ring (bicyclic) bond motifs is 1. The lowest BCUT2D eigenvalue weighted by molar-refractivity contribution is 0.0988. The van der Waals surface area contributed by atoms with Gasteiger partial charge >= 0.3 is 0 Å². The number of benzene rings is 1. The summed E-state index contributed by atoms with van der Waals surface area (Å²) in [6.07, 6.45) is 1.03. The van der Waals surface area contributed by atoms with Crippen molar-refractivity contribution in [2.75, 3.05) is 11.9 Å². The van der Waals surface area contributed by atoms with Gasteiger partial charge in [-0.15, -0.1) is 0 Å². The number of hydrogen-bond acceptors (Lipinski definition) is 4. The molecule has 2 aromatic rings. The number of aromatic nitrogens is 1. The van der Waals surface area contributed by atoms with Gasteiger partial charge in [-0.2, -0.15) is 0 Å². The highest BCUT2D eigenvalue weighted by molar-refractivity contribution is 6.02. The van der Waals surface area contributed by atoms with Gasteiger partial charge in [0.2, 0.25) is 5.76 Å². The molecule has 0 atom stereocenters. The van der Waals surface area contributed by atoms with Gasteiger partial charge in [-0.3, -0.25) is 4.79 Å². The second kappa shape index (κ2) is 4.85. The zero-order valence-electron chi connectivity index (χ0n) is 10.7. The van der Waals surface area contributed by atoms with E-state index in [0.29, 0.717) is 5.69 Å². The number of aryl methyl sites for hydroxylation is 1. The molecule has 0 fully saturated rings. The van der Waals surface area contributed by atoms with Crippen LogP contribution in [0.25, 0.3) is 0 Å². The minimum absolute atomic E-state index is 0.230. The Labute approximate surface area is 111 Å². The minimum atomic E-state index is -0.274. The van der Waals surface area contributed by atoms with Crippen LogP contribution in [0.4, 0.5) is 5.69 Å². The van der Waals surface area contributed by atoms with Crippen molar-refractivity contribution in [1.29, 1.82) is 0 Å². The van der Waals surface area contributed by atoms with Crippen molar-refractivity contribution in [3.63, 3.8) is 0 Å². The van der Waals surface area contributed by atoms with Crippen molar-refractivity contribution in [2.45, 2.75) is 19.9 Å². The molecule has 19 heavy (non-hydrogen) atoms. The third-order valence-corrected chi connectivity index (χ3v) is 3.20. The van der Waals surface area contributed by atoms with E-state index in [1.807, 2.05) is 12.1 Å². The summed E-state index contributed by atoms with van der Waals surface area (Å²) in [5.74, 6) is -0.0438. The van der Waals surface area contributed by atoms with Gasteiger partial charge in [-0.1, -0.05) is 11.2 Å². The first-order valence-corrected chi connectivity index (χ1v) is 6.29. The molecule has 1 aromatic carbocycles. The summed E-state index contributed by atoms with van der Waals surface area (Å²) in [6.45, 7) is 3.64. The number of amides is 1. The first-order chi connectivity index (χ1) is 9.22. The molecule has 0 aliphatic carbocycles. The van der Waals surface area contributed by atoms with Crippen molar-refractivity contribution < 1.29 is 9.32 Å². The molecule has 1 aromatic heterocycles. The fourth-order valence-corrected chi connectivity index (χ4v) is 2.22. The van der Waals surface area contributed by atoms with Crippen molar-refractivity contribution >= 4 is 11.6 Å². The highest BCUT2D eigenvalue weighted by Crippen LogP contribution is 2.19. The van der Waals surface area contributed by atoms with Crippen LogP contribution in [0.2, 0.25) is 0 Å². The van der Waals surface area contributed by atoms with E-state index in [1.54, 1.807) is 13.0 Å².